The second kappa shape index (κ2) is 7.86. The van der Waals surface area contributed by atoms with E-state index < -0.39 is 0 Å². The van der Waals surface area contributed by atoms with Gasteiger partial charge in [0.25, 0.3) is 0 Å². The van der Waals surface area contributed by atoms with Crippen LogP contribution >= 0.6 is 0 Å². The van der Waals surface area contributed by atoms with Crippen molar-refractivity contribution in [3.05, 3.63) is 0 Å². The molecule has 5 unspecified atom stereocenters. The number of hydrogen-bond acceptors (Lipinski definition) is 3. The number of rotatable bonds is 6. The maximum absolute atomic E-state index is 13.0. The predicted molar refractivity (Wildman–Crippen MR) is 100 cm³/mol. The van der Waals surface area contributed by atoms with Crippen LogP contribution in [0.1, 0.15) is 85.0 Å². The Hall–Kier alpha value is -0.410. The molecule has 3 aliphatic rings. The molecule has 2 aliphatic carbocycles. The van der Waals surface area contributed by atoms with Crippen molar-refractivity contribution in [3.63, 3.8) is 0 Å². The second-order valence-electron chi connectivity index (χ2n) is 9.41. The zero-order valence-corrected chi connectivity index (χ0v) is 16.1. The van der Waals surface area contributed by atoms with E-state index in [0.29, 0.717) is 29.8 Å². The number of Topliss-reactive ketones (excluding diaryl/α,β-unsaturated/α-hetero) is 1. The lowest BCUT2D eigenvalue weighted by molar-refractivity contribution is -0.134. The quantitative estimate of drug-likeness (QED) is 0.720. The van der Waals surface area contributed by atoms with Crippen LogP contribution in [0.25, 0.3) is 0 Å². The van der Waals surface area contributed by atoms with Gasteiger partial charge < -0.3 is 10.6 Å². The highest BCUT2D eigenvalue weighted by atomic mass is 16.1. The van der Waals surface area contributed by atoms with Gasteiger partial charge in [-0.3, -0.25) is 4.79 Å². The topological polar surface area (TPSA) is 41.1 Å². The standard InChI is InChI=1S/C21H38N2O/c1-4-5-6-9-12-22-20-15-10-7-8-11-16(15)23-17-13-21(2,3)14-18(24)19(17)20/h15-17,19-20,22-23H,4-14H2,1-3H3. The summed E-state index contributed by atoms with van der Waals surface area (Å²) in [4.78, 5) is 13.0. The number of piperidine rings is 1. The van der Waals surface area contributed by atoms with E-state index in [9.17, 15) is 4.79 Å². The zero-order valence-electron chi connectivity index (χ0n) is 16.1. The van der Waals surface area contributed by atoms with Gasteiger partial charge in [-0.2, -0.15) is 0 Å². The van der Waals surface area contributed by atoms with Crippen LogP contribution in [-0.4, -0.2) is 30.5 Å². The first kappa shape index (κ1) is 18.4. The van der Waals surface area contributed by atoms with Crippen molar-refractivity contribution in [1.29, 1.82) is 0 Å². The summed E-state index contributed by atoms with van der Waals surface area (Å²) in [6.07, 6.45) is 12.4. The molecule has 3 nitrogen and oxygen atoms in total. The van der Waals surface area contributed by atoms with E-state index in [-0.39, 0.29) is 11.3 Å². The van der Waals surface area contributed by atoms with E-state index in [1.54, 1.807) is 0 Å². The maximum atomic E-state index is 13.0. The number of fused-ring (bicyclic) bond motifs is 2. The van der Waals surface area contributed by atoms with Crippen LogP contribution in [0.5, 0.6) is 0 Å². The molecule has 1 saturated heterocycles. The van der Waals surface area contributed by atoms with E-state index in [1.165, 1.54) is 51.4 Å². The minimum absolute atomic E-state index is 0.165. The van der Waals surface area contributed by atoms with Gasteiger partial charge in [-0.05, 0) is 43.6 Å². The summed E-state index contributed by atoms with van der Waals surface area (Å²) in [5, 5.41) is 7.80. The molecule has 3 fully saturated rings. The summed E-state index contributed by atoms with van der Waals surface area (Å²) in [6, 6.07) is 1.45. The third kappa shape index (κ3) is 4.04. The van der Waals surface area contributed by atoms with Crippen molar-refractivity contribution in [2.24, 2.45) is 17.3 Å². The van der Waals surface area contributed by atoms with Crippen molar-refractivity contribution in [2.75, 3.05) is 6.54 Å². The smallest absolute Gasteiger partial charge is 0.139 e. The summed E-state index contributed by atoms with van der Waals surface area (Å²) < 4.78 is 0. The molecule has 3 heteroatoms. The third-order valence-electron chi connectivity index (χ3n) is 6.74. The normalized spacial score (nSPS) is 38.5. The van der Waals surface area contributed by atoms with Gasteiger partial charge in [-0.15, -0.1) is 0 Å². The van der Waals surface area contributed by atoms with E-state index in [0.717, 1.165) is 19.4 Å². The van der Waals surface area contributed by atoms with Crippen molar-refractivity contribution < 1.29 is 4.79 Å². The summed E-state index contributed by atoms with van der Waals surface area (Å²) in [5.74, 6) is 1.39. The Morgan fingerprint density at radius 3 is 2.71 bits per heavy atom. The minimum Gasteiger partial charge on any atom is -0.313 e. The van der Waals surface area contributed by atoms with Crippen molar-refractivity contribution in [3.8, 4) is 0 Å². The molecule has 138 valence electrons. The van der Waals surface area contributed by atoms with Gasteiger partial charge in [0.1, 0.15) is 5.78 Å². The molecule has 2 saturated carbocycles. The Morgan fingerprint density at radius 2 is 1.92 bits per heavy atom. The average molecular weight is 335 g/mol. The molecule has 0 aromatic rings. The predicted octanol–water partition coefficient (Wildman–Crippen LogP) is 4.06. The van der Waals surface area contributed by atoms with Crippen LogP contribution in [0.4, 0.5) is 0 Å². The first-order valence-corrected chi connectivity index (χ1v) is 10.5. The molecule has 5 atom stereocenters. The Bertz CT molecular complexity index is 434. The fraction of sp³-hybridized carbons (Fsp3) is 0.952. The molecule has 0 radical (unpaired) electrons. The van der Waals surface area contributed by atoms with Gasteiger partial charge in [0, 0.05) is 30.5 Å². The maximum Gasteiger partial charge on any atom is 0.139 e. The molecular formula is C21H38N2O. The number of ketones is 1. The molecule has 24 heavy (non-hydrogen) atoms. The fourth-order valence-corrected chi connectivity index (χ4v) is 5.66. The highest BCUT2D eigenvalue weighted by molar-refractivity contribution is 5.84. The molecule has 0 aromatic heterocycles. The first-order chi connectivity index (χ1) is 11.5. The van der Waals surface area contributed by atoms with E-state index >= 15 is 0 Å². The highest BCUT2D eigenvalue weighted by Gasteiger charge is 2.51. The fourth-order valence-electron chi connectivity index (χ4n) is 5.66. The summed E-state index contributed by atoms with van der Waals surface area (Å²) in [6.45, 7) is 7.89. The Morgan fingerprint density at radius 1 is 1.12 bits per heavy atom. The molecule has 0 spiro atoms. The van der Waals surface area contributed by atoms with E-state index in [4.69, 9.17) is 0 Å². The molecule has 1 heterocycles. The van der Waals surface area contributed by atoms with Crippen LogP contribution in [0.2, 0.25) is 0 Å². The summed E-state index contributed by atoms with van der Waals surface area (Å²) in [7, 11) is 0. The Kier molecular flexibility index (Phi) is 6.02. The van der Waals surface area contributed by atoms with Crippen molar-refractivity contribution >= 4 is 5.78 Å². The van der Waals surface area contributed by atoms with Crippen LogP contribution in [0.15, 0.2) is 0 Å². The lowest BCUT2D eigenvalue weighted by Crippen LogP contribution is -2.68. The largest absolute Gasteiger partial charge is 0.313 e. The highest BCUT2D eigenvalue weighted by Crippen LogP contribution is 2.44. The van der Waals surface area contributed by atoms with Crippen molar-refractivity contribution in [2.45, 2.75) is 103 Å². The van der Waals surface area contributed by atoms with Crippen LogP contribution in [0, 0.1) is 17.3 Å². The van der Waals surface area contributed by atoms with Gasteiger partial charge in [0.2, 0.25) is 0 Å². The van der Waals surface area contributed by atoms with Gasteiger partial charge in [-0.25, -0.2) is 0 Å². The Balaban J connectivity index is 1.70. The van der Waals surface area contributed by atoms with E-state index in [1.807, 2.05) is 0 Å². The van der Waals surface area contributed by atoms with Crippen LogP contribution < -0.4 is 10.6 Å². The molecule has 0 bridgehead atoms. The number of nitrogens with one attached hydrogen (secondary N) is 2. The average Bonchev–Trinajstić information content (AvgIpc) is 2.52. The molecular weight excluding hydrogens is 296 g/mol. The zero-order chi connectivity index (χ0) is 17.2. The molecule has 3 rings (SSSR count). The molecule has 1 aliphatic heterocycles. The summed E-state index contributed by atoms with van der Waals surface area (Å²) in [5.41, 5.74) is 0.165. The van der Waals surface area contributed by atoms with Gasteiger partial charge in [-0.1, -0.05) is 52.9 Å². The monoisotopic (exact) mass is 334 g/mol. The molecule has 2 N–H and O–H groups in total. The summed E-state index contributed by atoms with van der Waals surface area (Å²) >= 11 is 0. The van der Waals surface area contributed by atoms with Crippen LogP contribution in [0.3, 0.4) is 0 Å². The lowest BCUT2D eigenvalue weighted by atomic mass is 9.61. The SMILES string of the molecule is CCCCCCNC1C2CCCCC2NC2CC(C)(C)CC(=O)C21. The Labute approximate surface area is 148 Å². The number of hydrogen-bond donors (Lipinski definition) is 2. The number of unbranched alkanes of at least 4 members (excludes halogenated alkanes) is 3. The van der Waals surface area contributed by atoms with Gasteiger partial charge >= 0.3 is 0 Å². The molecule has 0 aromatic carbocycles. The van der Waals surface area contributed by atoms with E-state index in [2.05, 4.69) is 31.4 Å². The lowest BCUT2D eigenvalue weighted by Gasteiger charge is -2.54. The van der Waals surface area contributed by atoms with Crippen LogP contribution in [-0.2, 0) is 4.79 Å². The second-order valence-corrected chi connectivity index (χ2v) is 9.41. The van der Waals surface area contributed by atoms with Crippen molar-refractivity contribution in [1.82, 2.24) is 10.6 Å². The van der Waals surface area contributed by atoms with Gasteiger partial charge in [0.15, 0.2) is 0 Å². The number of carbonyl (C=O) groups is 1. The minimum atomic E-state index is 0.165. The van der Waals surface area contributed by atoms with Gasteiger partial charge in [0.05, 0.1) is 0 Å². The number of carbonyl (C=O) groups excluding carboxylic acids is 1. The third-order valence-corrected chi connectivity index (χ3v) is 6.74. The first-order valence-electron chi connectivity index (χ1n) is 10.5. The molecule has 0 amide bonds.